The number of nitrogens with one attached hydrogen (secondary N) is 2. The van der Waals surface area contributed by atoms with Gasteiger partial charge in [-0.05, 0) is 18.6 Å². The fourth-order valence-electron chi connectivity index (χ4n) is 1.47. The number of furan rings is 1. The molecule has 2 aromatic heterocycles. The second-order valence-corrected chi connectivity index (χ2v) is 3.71. The van der Waals surface area contributed by atoms with Crippen molar-refractivity contribution in [3.8, 4) is 0 Å². The Morgan fingerprint density at radius 1 is 1.41 bits per heavy atom. The van der Waals surface area contributed by atoms with Gasteiger partial charge in [-0.15, -0.1) is 0 Å². The van der Waals surface area contributed by atoms with Gasteiger partial charge >= 0.3 is 0 Å². The van der Waals surface area contributed by atoms with E-state index in [9.17, 15) is 4.79 Å². The molecule has 0 saturated carbocycles. The van der Waals surface area contributed by atoms with Crippen molar-refractivity contribution in [3.63, 3.8) is 0 Å². The average Bonchev–Trinajstić information content (AvgIpc) is 2.96. The van der Waals surface area contributed by atoms with Crippen LogP contribution in [0.5, 0.6) is 0 Å². The molecule has 90 valence electrons. The Balaban J connectivity index is 2.05. The maximum Gasteiger partial charge on any atom is 0.292 e. The van der Waals surface area contributed by atoms with Crippen molar-refractivity contribution >= 4 is 11.7 Å². The Hall–Kier alpha value is -2.04. The Morgan fingerprint density at radius 2 is 2.24 bits per heavy atom. The molecule has 0 atom stereocenters. The SMILES string of the molecule is CCc1cc(NC(=O)c2ccc(CC)o2)n[nH]1. The number of aryl methyl sites for hydroxylation is 2. The molecule has 0 spiro atoms. The normalized spacial score (nSPS) is 10.5. The fraction of sp³-hybridized carbons (Fsp3) is 0.333. The first-order chi connectivity index (χ1) is 8.22. The number of rotatable bonds is 4. The maximum absolute atomic E-state index is 11.8. The van der Waals surface area contributed by atoms with Crippen LogP contribution in [0.2, 0.25) is 0 Å². The molecule has 2 rings (SSSR count). The monoisotopic (exact) mass is 233 g/mol. The van der Waals surface area contributed by atoms with E-state index in [1.807, 2.05) is 19.9 Å². The molecule has 0 radical (unpaired) electrons. The van der Waals surface area contributed by atoms with Gasteiger partial charge < -0.3 is 9.73 Å². The van der Waals surface area contributed by atoms with Crippen LogP contribution in [-0.2, 0) is 12.8 Å². The first kappa shape index (κ1) is 11.4. The first-order valence-corrected chi connectivity index (χ1v) is 5.67. The van der Waals surface area contributed by atoms with Crippen LogP contribution in [0.15, 0.2) is 22.6 Å². The smallest absolute Gasteiger partial charge is 0.292 e. The summed E-state index contributed by atoms with van der Waals surface area (Å²) >= 11 is 0. The Morgan fingerprint density at radius 3 is 2.82 bits per heavy atom. The van der Waals surface area contributed by atoms with Crippen molar-refractivity contribution in [1.82, 2.24) is 10.2 Å². The van der Waals surface area contributed by atoms with Gasteiger partial charge in [0.05, 0.1) is 0 Å². The van der Waals surface area contributed by atoms with Crippen molar-refractivity contribution in [2.45, 2.75) is 26.7 Å². The minimum absolute atomic E-state index is 0.279. The minimum Gasteiger partial charge on any atom is -0.456 e. The summed E-state index contributed by atoms with van der Waals surface area (Å²) < 4.78 is 5.35. The number of carbonyl (C=O) groups is 1. The fourth-order valence-corrected chi connectivity index (χ4v) is 1.47. The second-order valence-electron chi connectivity index (χ2n) is 3.71. The van der Waals surface area contributed by atoms with Gasteiger partial charge in [0.15, 0.2) is 11.6 Å². The van der Waals surface area contributed by atoms with Crippen LogP contribution in [0.4, 0.5) is 5.82 Å². The summed E-state index contributed by atoms with van der Waals surface area (Å²) in [6.07, 6.45) is 1.62. The molecule has 0 bridgehead atoms. The van der Waals surface area contributed by atoms with Gasteiger partial charge in [-0.1, -0.05) is 13.8 Å². The lowest BCUT2D eigenvalue weighted by Gasteiger charge is -1.97. The van der Waals surface area contributed by atoms with E-state index in [0.29, 0.717) is 11.6 Å². The van der Waals surface area contributed by atoms with Gasteiger partial charge in [-0.3, -0.25) is 9.89 Å². The van der Waals surface area contributed by atoms with Crippen molar-refractivity contribution in [1.29, 1.82) is 0 Å². The van der Waals surface area contributed by atoms with Crippen molar-refractivity contribution in [2.24, 2.45) is 0 Å². The highest BCUT2D eigenvalue weighted by Crippen LogP contribution is 2.12. The third kappa shape index (κ3) is 2.55. The molecule has 0 unspecified atom stereocenters. The Bertz CT molecular complexity index is 513. The lowest BCUT2D eigenvalue weighted by Crippen LogP contribution is -2.11. The number of aromatic amines is 1. The molecule has 17 heavy (non-hydrogen) atoms. The quantitative estimate of drug-likeness (QED) is 0.851. The number of nitrogens with zero attached hydrogens (tertiary/aromatic N) is 1. The number of anilines is 1. The molecular weight excluding hydrogens is 218 g/mol. The number of amides is 1. The van der Waals surface area contributed by atoms with Crippen LogP contribution in [0.1, 0.15) is 35.9 Å². The Labute approximate surface area is 99.2 Å². The minimum atomic E-state index is -0.279. The first-order valence-electron chi connectivity index (χ1n) is 5.67. The van der Waals surface area contributed by atoms with Crippen LogP contribution in [0.25, 0.3) is 0 Å². The summed E-state index contributed by atoms with van der Waals surface area (Å²) in [5.74, 6) is 1.34. The standard InChI is InChI=1S/C12H15N3O2/c1-3-8-7-11(15-14-8)13-12(16)10-6-5-9(4-2)17-10/h5-7H,3-4H2,1-2H3,(H2,13,14,15,16). The molecule has 1 amide bonds. The highest BCUT2D eigenvalue weighted by molar-refractivity contribution is 6.01. The molecule has 0 fully saturated rings. The summed E-state index contributed by atoms with van der Waals surface area (Å²) in [5.41, 5.74) is 0.981. The molecule has 5 nitrogen and oxygen atoms in total. The molecule has 2 N–H and O–H groups in total. The molecule has 0 aromatic carbocycles. The molecule has 5 heteroatoms. The summed E-state index contributed by atoms with van der Waals surface area (Å²) in [4.78, 5) is 11.8. The molecule has 0 aliphatic rings. The van der Waals surface area contributed by atoms with Gasteiger partial charge in [0.2, 0.25) is 0 Å². The van der Waals surface area contributed by atoms with Crippen molar-refractivity contribution < 1.29 is 9.21 Å². The molecule has 0 saturated heterocycles. The summed E-state index contributed by atoms with van der Waals surface area (Å²) in [7, 11) is 0. The Kier molecular flexibility index (Phi) is 3.27. The van der Waals surface area contributed by atoms with E-state index in [-0.39, 0.29) is 5.91 Å². The zero-order valence-electron chi connectivity index (χ0n) is 9.91. The topological polar surface area (TPSA) is 70.9 Å². The van der Waals surface area contributed by atoms with E-state index in [0.717, 1.165) is 24.3 Å². The van der Waals surface area contributed by atoms with Crippen molar-refractivity contribution in [2.75, 3.05) is 5.32 Å². The average molecular weight is 233 g/mol. The van der Waals surface area contributed by atoms with E-state index in [1.165, 1.54) is 0 Å². The van der Waals surface area contributed by atoms with Gasteiger partial charge in [0.25, 0.3) is 5.91 Å². The molecule has 2 aromatic rings. The van der Waals surface area contributed by atoms with Crippen LogP contribution in [-0.4, -0.2) is 16.1 Å². The van der Waals surface area contributed by atoms with E-state index in [4.69, 9.17) is 4.42 Å². The zero-order chi connectivity index (χ0) is 12.3. The van der Waals surface area contributed by atoms with Crippen molar-refractivity contribution in [3.05, 3.63) is 35.4 Å². The van der Waals surface area contributed by atoms with Crippen LogP contribution in [0.3, 0.4) is 0 Å². The number of hydrogen-bond donors (Lipinski definition) is 2. The predicted octanol–water partition coefficient (Wildman–Crippen LogP) is 2.38. The summed E-state index contributed by atoms with van der Waals surface area (Å²) in [5, 5.41) is 9.49. The molecule has 0 aliphatic heterocycles. The lowest BCUT2D eigenvalue weighted by molar-refractivity contribution is 0.0994. The number of aromatic nitrogens is 2. The number of hydrogen-bond acceptors (Lipinski definition) is 3. The largest absolute Gasteiger partial charge is 0.456 e. The van der Waals surface area contributed by atoms with E-state index < -0.39 is 0 Å². The van der Waals surface area contributed by atoms with Crippen LogP contribution >= 0.6 is 0 Å². The van der Waals surface area contributed by atoms with Crippen LogP contribution < -0.4 is 5.32 Å². The van der Waals surface area contributed by atoms with E-state index >= 15 is 0 Å². The van der Waals surface area contributed by atoms with E-state index in [1.54, 1.807) is 12.1 Å². The van der Waals surface area contributed by atoms with Gasteiger partial charge in [0, 0.05) is 18.2 Å². The third-order valence-corrected chi connectivity index (χ3v) is 2.49. The number of carbonyl (C=O) groups excluding carboxylic acids is 1. The van der Waals surface area contributed by atoms with Gasteiger partial charge in [-0.25, -0.2) is 0 Å². The third-order valence-electron chi connectivity index (χ3n) is 2.49. The lowest BCUT2D eigenvalue weighted by atomic mass is 10.3. The molecule has 0 aliphatic carbocycles. The second kappa shape index (κ2) is 4.86. The number of H-pyrrole nitrogens is 1. The van der Waals surface area contributed by atoms with Gasteiger partial charge in [-0.2, -0.15) is 5.10 Å². The van der Waals surface area contributed by atoms with Crippen LogP contribution in [0, 0.1) is 0 Å². The predicted molar refractivity (Wildman–Crippen MR) is 64.0 cm³/mol. The molecular formula is C12H15N3O2. The zero-order valence-corrected chi connectivity index (χ0v) is 9.91. The maximum atomic E-state index is 11.8. The highest BCUT2D eigenvalue weighted by Gasteiger charge is 2.12. The highest BCUT2D eigenvalue weighted by atomic mass is 16.3. The summed E-state index contributed by atoms with van der Waals surface area (Å²) in [6, 6.07) is 5.28. The summed E-state index contributed by atoms with van der Waals surface area (Å²) in [6.45, 7) is 3.99. The van der Waals surface area contributed by atoms with E-state index in [2.05, 4.69) is 15.5 Å². The molecule has 2 heterocycles. The van der Waals surface area contributed by atoms with Gasteiger partial charge in [0.1, 0.15) is 5.76 Å².